The minimum absolute atomic E-state index is 0.148. The molecule has 2 aromatic rings. The molecule has 2 amide bonds. The van der Waals surface area contributed by atoms with Crippen molar-refractivity contribution >= 4 is 12.0 Å². The van der Waals surface area contributed by atoms with Gasteiger partial charge in [-0.25, -0.2) is 9.80 Å². The molecule has 1 saturated heterocycles. The molecule has 0 spiro atoms. The first-order chi connectivity index (χ1) is 12.3. The number of benzene rings is 1. The predicted molar refractivity (Wildman–Crippen MR) is 97.4 cm³/mol. The van der Waals surface area contributed by atoms with Gasteiger partial charge < -0.3 is 9.64 Å². The van der Waals surface area contributed by atoms with Gasteiger partial charge in [-0.05, 0) is 45.4 Å². The van der Waals surface area contributed by atoms with E-state index in [1.165, 1.54) is 0 Å². The van der Waals surface area contributed by atoms with E-state index in [2.05, 4.69) is 5.10 Å². The number of rotatable bonds is 3. The third-order valence-corrected chi connectivity index (χ3v) is 4.10. The van der Waals surface area contributed by atoms with Crippen LogP contribution in [0.2, 0.25) is 0 Å². The highest BCUT2D eigenvalue weighted by molar-refractivity contribution is 6.01. The second-order valence-corrected chi connectivity index (χ2v) is 7.31. The summed E-state index contributed by atoms with van der Waals surface area (Å²) in [6.45, 7) is 6.47. The Hall–Kier alpha value is -2.83. The summed E-state index contributed by atoms with van der Waals surface area (Å²) < 4.78 is 5.45. The molecule has 7 heteroatoms. The van der Waals surface area contributed by atoms with Crippen LogP contribution in [0.15, 0.2) is 48.8 Å². The molecule has 1 fully saturated rings. The van der Waals surface area contributed by atoms with E-state index in [9.17, 15) is 9.59 Å². The van der Waals surface area contributed by atoms with E-state index in [-0.39, 0.29) is 18.0 Å². The first-order valence-corrected chi connectivity index (χ1v) is 8.71. The topological polar surface area (TPSA) is 67.7 Å². The van der Waals surface area contributed by atoms with Gasteiger partial charge in [-0.2, -0.15) is 9.89 Å². The lowest BCUT2D eigenvalue weighted by atomic mass is 10.1. The van der Waals surface area contributed by atoms with Crippen LogP contribution in [0.3, 0.4) is 0 Å². The zero-order valence-electron chi connectivity index (χ0n) is 15.3. The Morgan fingerprint density at radius 3 is 2.54 bits per heavy atom. The second kappa shape index (κ2) is 7.19. The zero-order valence-corrected chi connectivity index (χ0v) is 15.3. The first-order valence-electron chi connectivity index (χ1n) is 8.71. The van der Waals surface area contributed by atoms with Crippen molar-refractivity contribution in [1.29, 1.82) is 0 Å². The first kappa shape index (κ1) is 18.0. The van der Waals surface area contributed by atoms with E-state index in [1.807, 2.05) is 39.0 Å². The largest absolute Gasteiger partial charge is 0.444 e. The molecule has 0 bridgehead atoms. The van der Waals surface area contributed by atoms with Gasteiger partial charge in [0.1, 0.15) is 5.60 Å². The maximum atomic E-state index is 13.1. The van der Waals surface area contributed by atoms with Crippen molar-refractivity contribution in [2.45, 2.75) is 38.8 Å². The molecule has 0 N–H and O–H groups in total. The van der Waals surface area contributed by atoms with Crippen LogP contribution in [0.1, 0.15) is 37.6 Å². The smallest absolute Gasteiger partial charge is 0.410 e. The summed E-state index contributed by atoms with van der Waals surface area (Å²) in [7, 11) is 0. The van der Waals surface area contributed by atoms with Crippen molar-refractivity contribution < 1.29 is 14.3 Å². The number of amides is 2. The van der Waals surface area contributed by atoms with E-state index in [0.29, 0.717) is 25.1 Å². The van der Waals surface area contributed by atoms with Crippen LogP contribution >= 0.6 is 0 Å². The Morgan fingerprint density at radius 2 is 1.92 bits per heavy atom. The molecular weight excluding hydrogens is 332 g/mol. The van der Waals surface area contributed by atoms with Crippen molar-refractivity contribution in [3.63, 3.8) is 0 Å². The fourth-order valence-electron chi connectivity index (χ4n) is 2.96. The summed E-state index contributed by atoms with van der Waals surface area (Å²) >= 11 is 0. The SMILES string of the molecule is CC(C)(C)OC(=O)N1CCC(N(C(=O)c2ccccc2)n2cccn2)C1. The minimum Gasteiger partial charge on any atom is -0.444 e. The summed E-state index contributed by atoms with van der Waals surface area (Å²) in [4.78, 5) is 28.6. The summed E-state index contributed by atoms with van der Waals surface area (Å²) in [5, 5.41) is 5.83. The predicted octanol–water partition coefficient (Wildman–Crippen LogP) is 2.67. The molecule has 1 aromatic carbocycles. The number of aromatic nitrogens is 2. The summed E-state index contributed by atoms with van der Waals surface area (Å²) in [5.74, 6) is -0.148. The number of carbonyl (C=O) groups excluding carboxylic acids is 2. The van der Waals surface area contributed by atoms with Crippen LogP contribution in [-0.4, -0.2) is 51.5 Å². The van der Waals surface area contributed by atoms with Gasteiger partial charge in [-0.1, -0.05) is 18.2 Å². The van der Waals surface area contributed by atoms with Crippen molar-refractivity contribution in [2.75, 3.05) is 18.1 Å². The van der Waals surface area contributed by atoms with Crippen molar-refractivity contribution in [3.8, 4) is 0 Å². The number of ether oxygens (including phenoxy) is 1. The lowest BCUT2D eigenvalue weighted by molar-refractivity contribution is 0.0290. The molecule has 1 atom stereocenters. The van der Waals surface area contributed by atoms with Crippen LogP contribution < -0.4 is 5.01 Å². The average molecular weight is 356 g/mol. The van der Waals surface area contributed by atoms with Gasteiger partial charge in [0.25, 0.3) is 5.91 Å². The minimum atomic E-state index is -0.545. The maximum absolute atomic E-state index is 13.1. The van der Waals surface area contributed by atoms with E-state index in [0.717, 1.165) is 0 Å². The number of hydrogen-bond acceptors (Lipinski definition) is 4. The summed E-state index contributed by atoms with van der Waals surface area (Å²) in [5.41, 5.74) is 0.0372. The molecule has 0 aliphatic carbocycles. The monoisotopic (exact) mass is 356 g/mol. The standard InChI is InChI=1S/C19H24N4O3/c1-19(2,3)26-18(25)21-13-10-16(14-21)23(22-12-7-11-20-22)17(24)15-8-5-4-6-9-15/h4-9,11-12,16H,10,13-14H2,1-3H3. The molecule has 26 heavy (non-hydrogen) atoms. The number of carbonyl (C=O) groups is 2. The summed E-state index contributed by atoms with van der Waals surface area (Å²) in [6, 6.07) is 10.7. The Balaban J connectivity index is 1.79. The van der Waals surface area contributed by atoms with Gasteiger partial charge in [-0.15, -0.1) is 0 Å². The van der Waals surface area contributed by atoms with E-state index in [4.69, 9.17) is 4.74 Å². The Bertz CT molecular complexity index is 753. The molecule has 7 nitrogen and oxygen atoms in total. The highest BCUT2D eigenvalue weighted by atomic mass is 16.6. The van der Waals surface area contributed by atoms with Gasteiger partial charge >= 0.3 is 6.09 Å². The Labute approximate surface area is 153 Å². The number of nitrogens with zero attached hydrogens (tertiary/aromatic N) is 4. The molecular formula is C19H24N4O3. The van der Waals surface area contributed by atoms with Gasteiger partial charge in [0.2, 0.25) is 0 Å². The van der Waals surface area contributed by atoms with Crippen molar-refractivity contribution in [1.82, 2.24) is 14.8 Å². The molecule has 2 heterocycles. The van der Waals surface area contributed by atoms with Gasteiger partial charge in [0.15, 0.2) is 0 Å². The van der Waals surface area contributed by atoms with Crippen LogP contribution in [0.5, 0.6) is 0 Å². The molecule has 0 saturated carbocycles. The molecule has 1 aromatic heterocycles. The van der Waals surface area contributed by atoms with Crippen LogP contribution in [0.4, 0.5) is 4.79 Å². The normalized spacial score (nSPS) is 17.2. The van der Waals surface area contributed by atoms with Crippen LogP contribution in [0, 0.1) is 0 Å². The summed E-state index contributed by atoms with van der Waals surface area (Å²) in [6.07, 6.45) is 3.67. The zero-order chi connectivity index (χ0) is 18.7. The fourth-order valence-corrected chi connectivity index (χ4v) is 2.96. The quantitative estimate of drug-likeness (QED) is 0.848. The third-order valence-electron chi connectivity index (χ3n) is 4.10. The van der Waals surface area contributed by atoms with Gasteiger partial charge in [-0.3, -0.25) is 4.79 Å². The number of likely N-dealkylation sites (tertiary alicyclic amines) is 1. The molecule has 0 radical (unpaired) electrons. The molecule has 1 aliphatic heterocycles. The van der Waals surface area contributed by atoms with Crippen molar-refractivity contribution in [2.24, 2.45) is 0 Å². The van der Waals surface area contributed by atoms with Gasteiger partial charge in [0.05, 0.1) is 12.2 Å². The molecule has 1 aliphatic rings. The fraction of sp³-hybridized carbons (Fsp3) is 0.421. The van der Waals surface area contributed by atoms with E-state index >= 15 is 0 Å². The number of hydrogen-bond donors (Lipinski definition) is 0. The molecule has 1 unspecified atom stereocenters. The molecule has 3 rings (SSSR count). The third kappa shape index (κ3) is 4.04. The lowest BCUT2D eigenvalue weighted by Gasteiger charge is -2.29. The lowest BCUT2D eigenvalue weighted by Crippen LogP contribution is -2.50. The maximum Gasteiger partial charge on any atom is 0.410 e. The Morgan fingerprint density at radius 1 is 1.19 bits per heavy atom. The Kier molecular flexibility index (Phi) is 4.97. The second-order valence-electron chi connectivity index (χ2n) is 7.31. The highest BCUT2D eigenvalue weighted by Crippen LogP contribution is 2.20. The van der Waals surface area contributed by atoms with Gasteiger partial charge in [0, 0.05) is 24.8 Å². The van der Waals surface area contributed by atoms with Crippen LogP contribution in [-0.2, 0) is 4.74 Å². The molecule has 138 valence electrons. The van der Waals surface area contributed by atoms with Crippen molar-refractivity contribution in [3.05, 3.63) is 54.4 Å². The van der Waals surface area contributed by atoms with E-state index in [1.54, 1.807) is 45.3 Å². The average Bonchev–Trinajstić information content (AvgIpc) is 3.27. The van der Waals surface area contributed by atoms with E-state index < -0.39 is 5.60 Å². The highest BCUT2D eigenvalue weighted by Gasteiger charge is 2.36. The van der Waals surface area contributed by atoms with Crippen LogP contribution in [0.25, 0.3) is 0 Å².